The summed E-state index contributed by atoms with van der Waals surface area (Å²) in [7, 11) is 0. The average Bonchev–Trinajstić information content (AvgIpc) is 3.16. The number of ketones is 1. The number of benzene rings is 2. The van der Waals surface area contributed by atoms with E-state index in [-0.39, 0.29) is 17.9 Å². The molecule has 0 saturated heterocycles. The number of Topliss-reactive ketones (excluding diaryl/α,β-unsaturated/α-hetero) is 1. The van der Waals surface area contributed by atoms with Crippen molar-refractivity contribution < 1.29 is 9.59 Å². The SMILES string of the molecule is CC(=O)c1cccc(NC(=O)NC(C)c2ccc(-n3cncn3)cc2)c1. The molecule has 26 heavy (non-hydrogen) atoms. The number of hydrogen-bond donors (Lipinski definition) is 2. The molecular weight excluding hydrogens is 330 g/mol. The van der Waals surface area contributed by atoms with Crippen LogP contribution in [-0.4, -0.2) is 26.6 Å². The van der Waals surface area contributed by atoms with Crippen LogP contribution in [0.15, 0.2) is 61.2 Å². The highest BCUT2D eigenvalue weighted by Crippen LogP contribution is 2.16. The number of urea groups is 1. The van der Waals surface area contributed by atoms with Crippen molar-refractivity contribution in [2.45, 2.75) is 19.9 Å². The normalized spacial score (nSPS) is 11.6. The topological polar surface area (TPSA) is 88.9 Å². The summed E-state index contributed by atoms with van der Waals surface area (Å²) in [6.07, 6.45) is 3.10. The molecule has 2 aromatic carbocycles. The van der Waals surface area contributed by atoms with Gasteiger partial charge in [-0.25, -0.2) is 14.5 Å². The van der Waals surface area contributed by atoms with Crippen LogP contribution in [0.3, 0.4) is 0 Å². The van der Waals surface area contributed by atoms with Crippen molar-refractivity contribution in [3.05, 3.63) is 72.3 Å². The Bertz CT molecular complexity index is 904. The van der Waals surface area contributed by atoms with Gasteiger partial charge >= 0.3 is 6.03 Å². The Hall–Kier alpha value is -3.48. The largest absolute Gasteiger partial charge is 0.331 e. The highest BCUT2D eigenvalue weighted by molar-refractivity contribution is 5.96. The van der Waals surface area contributed by atoms with Gasteiger partial charge in [-0.1, -0.05) is 24.3 Å². The number of anilines is 1. The Morgan fingerprint density at radius 2 is 1.88 bits per heavy atom. The number of nitrogens with one attached hydrogen (secondary N) is 2. The molecule has 2 amide bonds. The van der Waals surface area contributed by atoms with Gasteiger partial charge in [-0.2, -0.15) is 5.10 Å². The minimum Gasteiger partial charge on any atom is -0.331 e. The third-order valence-electron chi connectivity index (χ3n) is 3.95. The van der Waals surface area contributed by atoms with Gasteiger partial charge in [0.05, 0.1) is 11.7 Å². The van der Waals surface area contributed by atoms with Crippen molar-refractivity contribution in [1.29, 1.82) is 0 Å². The van der Waals surface area contributed by atoms with E-state index in [9.17, 15) is 9.59 Å². The van der Waals surface area contributed by atoms with E-state index in [1.165, 1.54) is 13.3 Å². The van der Waals surface area contributed by atoms with E-state index in [1.54, 1.807) is 35.3 Å². The summed E-state index contributed by atoms with van der Waals surface area (Å²) in [5.41, 5.74) is 2.98. The molecule has 0 bridgehead atoms. The maximum Gasteiger partial charge on any atom is 0.319 e. The minimum absolute atomic E-state index is 0.0464. The van der Waals surface area contributed by atoms with Crippen LogP contribution in [0.25, 0.3) is 5.69 Å². The van der Waals surface area contributed by atoms with Gasteiger partial charge in [0.1, 0.15) is 12.7 Å². The van der Waals surface area contributed by atoms with E-state index in [4.69, 9.17) is 0 Å². The fraction of sp³-hybridized carbons (Fsp3) is 0.158. The van der Waals surface area contributed by atoms with Crippen molar-refractivity contribution in [1.82, 2.24) is 20.1 Å². The van der Waals surface area contributed by atoms with E-state index < -0.39 is 0 Å². The van der Waals surface area contributed by atoms with Gasteiger partial charge in [-0.15, -0.1) is 0 Å². The smallest absolute Gasteiger partial charge is 0.319 e. The van der Waals surface area contributed by atoms with Crippen LogP contribution in [-0.2, 0) is 0 Å². The quantitative estimate of drug-likeness (QED) is 0.691. The van der Waals surface area contributed by atoms with Gasteiger partial charge in [0.25, 0.3) is 0 Å². The number of rotatable bonds is 5. The predicted octanol–water partition coefficient (Wildman–Crippen LogP) is 3.35. The molecule has 0 fully saturated rings. The van der Waals surface area contributed by atoms with Gasteiger partial charge in [0.2, 0.25) is 0 Å². The van der Waals surface area contributed by atoms with Crippen LogP contribution >= 0.6 is 0 Å². The Balaban J connectivity index is 1.62. The zero-order chi connectivity index (χ0) is 18.5. The Kier molecular flexibility index (Phi) is 5.07. The predicted molar refractivity (Wildman–Crippen MR) is 98.4 cm³/mol. The van der Waals surface area contributed by atoms with Crippen LogP contribution in [0.2, 0.25) is 0 Å². The number of carbonyl (C=O) groups is 2. The molecule has 7 nitrogen and oxygen atoms in total. The third kappa shape index (κ3) is 4.13. The summed E-state index contributed by atoms with van der Waals surface area (Å²) in [6.45, 7) is 3.39. The summed E-state index contributed by atoms with van der Waals surface area (Å²) < 4.78 is 1.66. The molecule has 3 aromatic rings. The van der Waals surface area contributed by atoms with Gasteiger partial charge in [0.15, 0.2) is 5.78 Å². The minimum atomic E-state index is -0.335. The molecule has 1 unspecified atom stereocenters. The second-order valence-electron chi connectivity index (χ2n) is 5.89. The molecular formula is C19H19N5O2. The lowest BCUT2D eigenvalue weighted by Gasteiger charge is -2.16. The Morgan fingerprint density at radius 3 is 2.54 bits per heavy atom. The highest BCUT2D eigenvalue weighted by Gasteiger charge is 2.10. The molecule has 0 radical (unpaired) electrons. The van der Waals surface area contributed by atoms with Crippen LogP contribution in [0, 0.1) is 0 Å². The highest BCUT2D eigenvalue weighted by atomic mass is 16.2. The van der Waals surface area contributed by atoms with Crippen molar-refractivity contribution in [2.75, 3.05) is 5.32 Å². The van der Waals surface area contributed by atoms with Crippen molar-refractivity contribution in [3.8, 4) is 5.69 Å². The molecule has 0 saturated carbocycles. The number of amides is 2. The fourth-order valence-corrected chi connectivity index (χ4v) is 2.52. The van der Waals surface area contributed by atoms with Crippen LogP contribution in [0.4, 0.5) is 10.5 Å². The van der Waals surface area contributed by atoms with Crippen molar-refractivity contribution >= 4 is 17.5 Å². The molecule has 7 heteroatoms. The lowest BCUT2D eigenvalue weighted by Crippen LogP contribution is -2.31. The molecule has 0 aliphatic heterocycles. The van der Waals surface area contributed by atoms with Gasteiger partial charge in [0, 0.05) is 11.3 Å². The van der Waals surface area contributed by atoms with E-state index in [2.05, 4.69) is 20.7 Å². The summed E-state index contributed by atoms with van der Waals surface area (Å²) in [5, 5.41) is 9.70. The third-order valence-corrected chi connectivity index (χ3v) is 3.95. The molecule has 0 aliphatic rings. The Labute approximate surface area is 151 Å². The first-order chi connectivity index (χ1) is 12.5. The summed E-state index contributed by atoms with van der Waals surface area (Å²) in [5.74, 6) is -0.0464. The molecule has 0 spiro atoms. The summed E-state index contributed by atoms with van der Waals surface area (Å²) >= 11 is 0. The maximum atomic E-state index is 12.2. The number of hydrogen-bond acceptors (Lipinski definition) is 4. The van der Waals surface area contributed by atoms with Gasteiger partial charge in [-0.3, -0.25) is 4.79 Å². The first-order valence-electron chi connectivity index (χ1n) is 8.16. The maximum absolute atomic E-state index is 12.2. The van der Waals surface area contributed by atoms with Crippen molar-refractivity contribution in [2.24, 2.45) is 0 Å². The van der Waals surface area contributed by atoms with Crippen LogP contribution in [0.1, 0.15) is 35.8 Å². The van der Waals surface area contributed by atoms with Crippen LogP contribution < -0.4 is 10.6 Å². The monoisotopic (exact) mass is 349 g/mol. The van der Waals surface area contributed by atoms with Crippen molar-refractivity contribution in [3.63, 3.8) is 0 Å². The second kappa shape index (κ2) is 7.60. The average molecular weight is 349 g/mol. The van der Waals surface area contributed by atoms with Gasteiger partial charge in [-0.05, 0) is 43.7 Å². The number of aromatic nitrogens is 3. The zero-order valence-electron chi connectivity index (χ0n) is 14.5. The lowest BCUT2D eigenvalue weighted by molar-refractivity contribution is 0.101. The Morgan fingerprint density at radius 1 is 1.12 bits per heavy atom. The zero-order valence-corrected chi connectivity index (χ0v) is 14.5. The molecule has 132 valence electrons. The second-order valence-corrected chi connectivity index (χ2v) is 5.89. The number of nitrogens with zero attached hydrogens (tertiary/aromatic N) is 3. The molecule has 1 heterocycles. The lowest BCUT2D eigenvalue weighted by atomic mass is 10.1. The first-order valence-corrected chi connectivity index (χ1v) is 8.16. The fourth-order valence-electron chi connectivity index (χ4n) is 2.52. The molecule has 2 N–H and O–H groups in total. The molecule has 0 aliphatic carbocycles. The summed E-state index contributed by atoms with van der Waals surface area (Å²) in [4.78, 5) is 27.5. The number of carbonyl (C=O) groups excluding carboxylic acids is 2. The van der Waals surface area contributed by atoms with E-state index >= 15 is 0 Å². The molecule has 3 rings (SSSR count). The first kappa shape index (κ1) is 17.3. The van der Waals surface area contributed by atoms with E-state index in [0.29, 0.717) is 11.3 Å². The van der Waals surface area contributed by atoms with E-state index in [0.717, 1.165) is 11.3 Å². The molecule has 1 atom stereocenters. The standard InChI is InChI=1S/C19H19N5O2/c1-13(15-6-8-18(9-7-15)24-12-20-11-21-24)22-19(26)23-17-5-3-4-16(10-17)14(2)25/h3-13H,1-2H3,(H2,22,23,26). The summed E-state index contributed by atoms with van der Waals surface area (Å²) in [6, 6.07) is 14.0. The van der Waals surface area contributed by atoms with Crippen LogP contribution in [0.5, 0.6) is 0 Å². The van der Waals surface area contributed by atoms with E-state index in [1.807, 2.05) is 31.2 Å². The van der Waals surface area contributed by atoms with Gasteiger partial charge < -0.3 is 10.6 Å². The molecule has 1 aromatic heterocycles.